The van der Waals surface area contributed by atoms with Crippen molar-refractivity contribution in [2.45, 2.75) is 25.3 Å². The van der Waals surface area contributed by atoms with Gasteiger partial charge >= 0.3 is 0 Å². The molecule has 0 amide bonds. The highest BCUT2D eigenvalue weighted by atomic mass is 16.5. The lowest BCUT2D eigenvalue weighted by atomic mass is 10.2. The van der Waals surface area contributed by atoms with Crippen LogP contribution in [0.4, 0.5) is 0 Å². The fraction of sp³-hybridized carbons (Fsp3) is 0.500. The Balaban J connectivity index is 2.06. The molecule has 1 saturated carbocycles. The fourth-order valence-corrected chi connectivity index (χ4v) is 1.42. The van der Waals surface area contributed by atoms with Crippen LogP contribution in [0.2, 0.25) is 0 Å². The van der Waals surface area contributed by atoms with E-state index >= 15 is 0 Å². The lowest BCUT2D eigenvalue weighted by Crippen LogP contribution is -2.29. The number of hydrogen-bond acceptors (Lipinski definition) is 3. The van der Waals surface area contributed by atoms with Gasteiger partial charge in [0, 0.05) is 0 Å². The van der Waals surface area contributed by atoms with Crippen LogP contribution >= 0.6 is 0 Å². The minimum absolute atomic E-state index is 0.0874. The SMILES string of the molecule is COc1cc(C)ccc1OCC1(N)CC1. The molecule has 0 aromatic heterocycles. The van der Waals surface area contributed by atoms with Crippen LogP contribution < -0.4 is 15.2 Å². The first-order valence-electron chi connectivity index (χ1n) is 5.19. The Morgan fingerprint density at radius 1 is 1.33 bits per heavy atom. The van der Waals surface area contributed by atoms with Gasteiger partial charge in [0.15, 0.2) is 11.5 Å². The van der Waals surface area contributed by atoms with Crippen molar-refractivity contribution in [1.29, 1.82) is 0 Å². The van der Waals surface area contributed by atoms with Gasteiger partial charge in [0.25, 0.3) is 0 Å². The molecule has 0 spiro atoms. The molecule has 1 aliphatic carbocycles. The van der Waals surface area contributed by atoms with Crippen molar-refractivity contribution in [3.63, 3.8) is 0 Å². The Morgan fingerprint density at radius 3 is 2.67 bits per heavy atom. The average molecular weight is 207 g/mol. The maximum absolute atomic E-state index is 5.95. The van der Waals surface area contributed by atoms with Crippen LogP contribution in [0.15, 0.2) is 18.2 Å². The molecule has 0 heterocycles. The summed E-state index contributed by atoms with van der Waals surface area (Å²) in [6, 6.07) is 5.90. The molecule has 3 nitrogen and oxygen atoms in total. The number of hydrogen-bond donors (Lipinski definition) is 1. The predicted octanol–water partition coefficient (Wildman–Crippen LogP) is 1.87. The third-order valence-corrected chi connectivity index (χ3v) is 2.73. The van der Waals surface area contributed by atoms with E-state index < -0.39 is 0 Å². The Kier molecular flexibility index (Phi) is 2.57. The Labute approximate surface area is 90.2 Å². The summed E-state index contributed by atoms with van der Waals surface area (Å²) >= 11 is 0. The van der Waals surface area contributed by atoms with Gasteiger partial charge in [-0.3, -0.25) is 0 Å². The lowest BCUT2D eigenvalue weighted by Gasteiger charge is -2.14. The molecule has 1 aromatic rings. The van der Waals surface area contributed by atoms with Crippen molar-refractivity contribution in [2.75, 3.05) is 13.7 Å². The fourth-order valence-electron chi connectivity index (χ4n) is 1.42. The zero-order valence-corrected chi connectivity index (χ0v) is 9.25. The first kappa shape index (κ1) is 10.3. The Morgan fingerprint density at radius 2 is 2.07 bits per heavy atom. The zero-order valence-electron chi connectivity index (χ0n) is 9.25. The van der Waals surface area contributed by atoms with Crippen molar-refractivity contribution in [2.24, 2.45) is 5.73 Å². The van der Waals surface area contributed by atoms with Gasteiger partial charge in [-0.05, 0) is 37.5 Å². The number of nitrogens with two attached hydrogens (primary N) is 1. The summed E-state index contributed by atoms with van der Waals surface area (Å²) in [5.41, 5.74) is 7.02. The molecule has 82 valence electrons. The van der Waals surface area contributed by atoms with E-state index in [0.717, 1.165) is 29.9 Å². The summed E-state index contributed by atoms with van der Waals surface area (Å²) in [6.07, 6.45) is 2.11. The van der Waals surface area contributed by atoms with E-state index in [2.05, 4.69) is 0 Å². The van der Waals surface area contributed by atoms with E-state index in [1.165, 1.54) is 0 Å². The van der Waals surface area contributed by atoms with Crippen LogP contribution in [0.1, 0.15) is 18.4 Å². The molecule has 0 radical (unpaired) electrons. The number of rotatable bonds is 4. The minimum Gasteiger partial charge on any atom is -0.493 e. The Hall–Kier alpha value is -1.22. The highest BCUT2D eigenvalue weighted by Gasteiger charge is 2.39. The molecule has 1 aromatic carbocycles. The van der Waals surface area contributed by atoms with E-state index in [-0.39, 0.29) is 5.54 Å². The smallest absolute Gasteiger partial charge is 0.161 e. The maximum Gasteiger partial charge on any atom is 0.161 e. The van der Waals surface area contributed by atoms with E-state index in [4.69, 9.17) is 15.2 Å². The summed E-state index contributed by atoms with van der Waals surface area (Å²) in [5.74, 6) is 1.55. The quantitative estimate of drug-likeness (QED) is 0.819. The molecule has 0 unspecified atom stereocenters. The predicted molar refractivity (Wildman–Crippen MR) is 59.4 cm³/mol. The van der Waals surface area contributed by atoms with Crippen LogP contribution in [-0.4, -0.2) is 19.3 Å². The van der Waals surface area contributed by atoms with Crippen molar-refractivity contribution in [1.82, 2.24) is 0 Å². The van der Waals surface area contributed by atoms with E-state index in [9.17, 15) is 0 Å². The topological polar surface area (TPSA) is 44.5 Å². The van der Waals surface area contributed by atoms with E-state index in [1.807, 2.05) is 25.1 Å². The molecule has 1 aliphatic rings. The van der Waals surface area contributed by atoms with Gasteiger partial charge in [0.05, 0.1) is 12.6 Å². The van der Waals surface area contributed by atoms with Gasteiger partial charge in [-0.2, -0.15) is 0 Å². The molecule has 1 fully saturated rings. The van der Waals surface area contributed by atoms with Crippen molar-refractivity contribution >= 4 is 0 Å². The second kappa shape index (κ2) is 3.74. The van der Waals surface area contributed by atoms with Crippen molar-refractivity contribution in [3.05, 3.63) is 23.8 Å². The standard InChI is InChI=1S/C12H17NO2/c1-9-3-4-10(11(7-9)14-2)15-8-12(13)5-6-12/h3-4,7H,5-6,8,13H2,1-2H3. The molecule has 2 N–H and O–H groups in total. The monoisotopic (exact) mass is 207 g/mol. The second-order valence-electron chi connectivity index (χ2n) is 4.31. The first-order chi connectivity index (χ1) is 7.13. The van der Waals surface area contributed by atoms with Gasteiger partial charge in [-0.15, -0.1) is 0 Å². The van der Waals surface area contributed by atoms with Gasteiger partial charge in [-0.25, -0.2) is 0 Å². The number of aryl methyl sites for hydroxylation is 1. The van der Waals surface area contributed by atoms with Gasteiger partial charge in [0.1, 0.15) is 6.61 Å². The molecule has 0 aliphatic heterocycles. The van der Waals surface area contributed by atoms with Crippen LogP contribution in [-0.2, 0) is 0 Å². The summed E-state index contributed by atoms with van der Waals surface area (Å²) in [6.45, 7) is 2.60. The van der Waals surface area contributed by atoms with Gasteiger partial charge < -0.3 is 15.2 Å². The average Bonchev–Trinajstić information content (AvgIpc) is 2.95. The molecule has 0 bridgehead atoms. The van der Waals surface area contributed by atoms with Gasteiger partial charge in [0.2, 0.25) is 0 Å². The summed E-state index contributed by atoms with van der Waals surface area (Å²) in [5, 5.41) is 0. The van der Waals surface area contributed by atoms with Crippen LogP contribution in [0.25, 0.3) is 0 Å². The number of benzene rings is 1. The van der Waals surface area contributed by atoms with Gasteiger partial charge in [-0.1, -0.05) is 6.07 Å². The summed E-state index contributed by atoms with van der Waals surface area (Å²) in [7, 11) is 1.65. The van der Waals surface area contributed by atoms with Crippen molar-refractivity contribution < 1.29 is 9.47 Å². The minimum atomic E-state index is -0.0874. The third-order valence-electron chi connectivity index (χ3n) is 2.73. The molecule has 0 saturated heterocycles. The second-order valence-corrected chi connectivity index (χ2v) is 4.31. The third kappa shape index (κ3) is 2.42. The molecular weight excluding hydrogens is 190 g/mol. The Bertz CT molecular complexity index is 359. The van der Waals surface area contributed by atoms with Crippen LogP contribution in [0, 0.1) is 6.92 Å². The van der Waals surface area contributed by atoms with Crippen LogP contribution in [0.5, 0.6) is 11.5 Å². The molecule has 0 atom stereocenters. The zero-order chi connectivity index (χ0) is 10.9. The van der Waals surface area contributed by atoms with Crippen molar-refractivity contribution in [3.8, 4) is 11.5 Å². The molecule has 15 heavy (non-hydrogen) atoms. The molecular formula is C12H17NO2. The number of methoxy groups -OCH3 is 1. The van der Waals surface area contributed by atoms with Crippen LogP contribution in [0.3, 0.4) is 0 Å². The maximum atomic E-state index is 5.95. The number of ether oxygens (including phenoxy) is 2. The summed E-state index contributed by atoms with van der Waals surface area (Å²) in [4.78, 5) is 0. The van der Waals surface area contributed by atoms with E-state index in [0.29, 0.717) is 6.61 Å². The van der Waals surface area contributed by atoms with E-state index in [1.54, 1.807) is 7.11 Å². The largest absolute Gasteiger partial charge is 0.493 e. The highest BCUT2D eigenvalue weighted by Crippen LogP contribution is 2.35. The molecule has 3 heteroatoms. The normalized spacial score (nSPS) is 17.3. The lowest BCUT2D eigenvalue weighted by molar-refractivity contribution is 0.264. The molecule has 2 rings (SSSR count). The highest BCUT2D eigenvalue weighted by molar-refractivity contribution is 5.42. The first-order valence-corrected chi connectivity index (χ1v) is 5.19. The summed E-state index contributed by atoms with van der Waals surface area (Å²) < 4.78 is 10.9.